The van der Waals surface area contributed by atoms with Crippen molar-refractivity contribution >= 4 is 11.7 Å². The zero-order valence-corrected chi connectivity index (χ0v) is 7.53. The van der Waals surface area contributed by atoms with Gasteiger partial charge in [-0.2, -0.15) is 10.2 Å². The number of aryl methyl sites for hydroxylation is 1. The summed E-state index contributed by atoms with van der Waals surface area (Å²) >= 11 is 0. The fourth-order valence-electron chi connectivity index (χ4n) is 1.03. The van der Waals surface area contributed by atoms with Crippen LogP contribution in [0.3, 0.4) is 0 Å². The molecule has 3 N–H and O–H groups in total. The van der Waals surface area contributed by atoms with Crippen LogP contribution >= 0.6 is 0 Å². The topological polar surface area (TPSA) is 86.5 Å². The fraction of sp³-hybridized carbons (Fsp3) is 0.125. The number of hydrogen-bond donors (Lipinski definition) is 3. The molecule has 0 aliphatic heterocycles. The van der Waals surface area contributed by atoms with Gasteiger partial charge < -0.3 is 5.32 Å². The molecule has 0 spiro atoms. The zero-order chi connectivity index (χ0) is 9.97. The molecule has 0 radical (unpaired) electrons. The van der Waals surface area contributed by atoms with Crippen LogP contribution in [0.2, 0.25) is 0 Å². The molecule has 0 atom stereocenters. The van der Waals surface area contributed by atoms with Crippen molar-refractivity contribution in [2.75, 3.05) is 5.32 Å². The predicted octanol–water partition coefficient (Wildman–Crippen LogP) is 0.694. The molecule has 0 unspecified atom stereocenters. The molecule has 0 saturated heterocycles. The summed E-state index contributed by atoms with van der Waals surface area (Å²) in [5.74, 6) is 0.391. The Hall–Kier alpha value is -2.11. The van der Waals surface area contributed by atoms with Gasteiger partial charge in [-0.25, -0.2) is 0 Å². The van der Waals surface area contributed by atoms with Crippen LogP contribution in [0, 0.1) is 6.92 Å². The van der Waals surface area contributed by atoms with Gasteiger partial charge in [0.1, 0.15) is 5.82 Å². The number of nitrogens with one attached hydrogen (secondary N) is 3. The van der Waals surface area contributed by atoms with Crippen molar-refractivity contribution in [1.29, 1.82) is 0 Å². The van der Waals surface area contributed by atoms with Gasteiger partial charge >= 0.3 is 0 Å². The van der Waals surface area contributed by atoms with Crippen molar-refractivity contribution in [2.24, 2.45) is 0 Å². The van der Waals surface area contributed by atoms with Crippen LogP contribution in [0.25, 0.3) is 0 Å². The molecule has 72 valence electrons. The standard InChI is InChI=1S/C8H9N5O/c1-5-2-11-13-7(5)12-8(14)6-3-9-10-4-6/h2-4H,1H3,(H,9,10)(H2,11,12,13,14). The summed E-state index contributed by atoms with van der Waals surface area (Å²) in [6.45, 7) is 1.86. The molecule has 0 aliphatic carbocycles. The maximum absolute atomic E-state index is 11.5. The van der Waals surface area contributed by atoms with Gasteiger partial charge in [0.25, 0.3) is 5.91 Å². The monoisotopic (exact) mass is 191 g/mol. The summed E-state index contributed by atoms with van der Waals surface area (Å²) in [6.07, 6.45) is 4.63. The molecule has 0 aliphatic rings. The molecule has 2 heterocycles. The SMILES string of the molecule is Cc1cn[nH]c1NC(=O)c1cn[nH]c1. The number of amides is 1. The number of carbonyl (C=O) groups excluding carboxylic acids is 1. The highest BCUT2D eigenvalue weighted by molar-refractivity contribution is 6.03. The lowest BCUT2D eigenvalue weighted by Crippen LogP contribution is -2.11. The lowest BCUT2D eigenvalue weighted by molar-refractivity contribution is 0.102. The fourth-order valence-corrected chi connectivity index (χ4v) is 1.03. The number of hydrogen-bond acceptors (Lipinski definition) is 3. The van der Waals surface area contributed by atoms with E-state index >= 15 is 0 Å². The van der Waals surface area contributed by atoms with Crippen LogP contribution in [0.4, 0.5) is 5.82 Å². The third-order valence-corrected chi connectivity index (χ3v) is 1.83. The average molecular weight is 191 g/mol. The van der Waals surface area contributed by atoms with E-state index in [1.54, 1.807) is 6.20 Å². The number of rotatable bonds is 2. The molecule has 14 heavy (non-hydrogen) atoms. The lowest BCUT2D eigenvalue weighted by atomic mass is 10.3. The number of H-pyrrole nitrogens is 2. The van der Waals surface area contributed by atoms with Crippen molar-refractivity contribution in [1.82, 2.24) is 20.4 Å². The minimum absolute atomic E-state index is 0.217. The molecule has 6 nitrogen and oxygen atoms in total. The summed E-state index contributed by atoms with van der Waals surface area (Å²) in [7, 11) is 0. The first-order valence-electron chi connectivity index (χ1n) is 4.07. The summed E-state index contributed by atoms with van der Waals surface area (Å²) in [4.78, 5) is 11.5. The van der Waals surface area contributed by atoms with Gasteiger partial charge in [-0.3, -0.25) is 15.0 Å². The molecule has 1 amide bonds. The van der Waals surface area contributed by atoms with Crippen molar-refractivity contribution in [3.63, 3.8) is 0 Å². The molecule has 2 aromatic rings. The smallest absolute Gasteiger partial charge is 0.259 e. The first-order valence-corrected chi connectivity index (χ1v) is 4.07. The molecule has 6 heteroatoms. The first kappa shape index (κ1) is 8.49. The summed E-state index contributed by atoms with van der Waals surface area (Å²) < 4.78 is 0. The van der Waals surface area contributed by atoms with E-state index in [4.69, 9.17) is 0 Å². The minimum atomic E-state index is -0.217. The summed E-state index contributed by atoms with van der Waals surface area (Å²) in [5, 5.41) is 15.4. The number of nitrogens with zero attached hydrogens (tertiary/aromatic N) is 2. The molecule has 0 fully saturated rings. The van der Waals surface area contributed by atoms with E-state index in [2.05, 4.69) is 25.7 Å². The molecule has 0 bridgehead atoms. The van der Waals surface area contributed by atoms with E-state index in [9.17, 15) is 4.79 Å². The second-order valence-corrected chi connectivity index (χ2v) is 2.87. The summed E-state index contributed by atoms with van der Waals surface area (Å²) in [6, 6.07) is 0. The minimum Gasteiger partial charge on any atom is -0.307 e. The Bertz CT molecular complexity index is 430. The van der Waals surface area contributed by atoms with Crippen molar-refractivity contribution < 1.29 is 4.79 Å². The van der Waals surface area contributed by atoms with Crippen LogP contribution < -0.4 is 5.32 Å². The highest BCUT2D eigenvalue weighted by Crippen LogP contribution is 2.09. The van der Waals surface area contributed by atoms with Gasteiger partial charge in [0.2, 0.25) is 0 Å². The molecular formula is C8H9N5O. The lowest BCUT2D eigenvalue weighted by Gasteiger charge is -2.00. The van der Waals surface area contributed by atoms with Crippen molar-refractivity contribution in [3.05, 3.63) is 29.7 Å². The normalized spacial score (nSPS) is 10.1. The molecule has 0 saturated carbocycles. The Morgan fingerprint density at radius 2 is 2.29 bits per heavy atom. The number of aromatic nitrogens is 4. The van der Waals surface area contributed by atoms with Crippen LogP contribution in [0.15, 0.2) is 18.6 Å². The largest absolute Gasteiger partial charge is 0.307 e. The second-order valence-electron chi connectivity index (χ2n) is 2.87. The van der Waals surface area contributed by atoms with Gasteiger partial charge in [0, 0.05) is 11.8 Å². The van der Waals surface area contributed by atoms with Crippen LogP contribution in [-0.4, -0.2) is 26.3 Å². The third-order valence-electron chi connectivity index (χ3n) is 1.83. The van der Waals surface area contributed by atoms with E-state index in [1.165, 1.54) is 12.4 Å². The third kappa shape index (κ3) is 1.49. The molecular weight excluding hydrogens is 182 g/mol. The van der Waals surface area contributed by atoms with Gasteiger partial charge in [-0.15, -0.1) is 0 Å². The number of aromatic amines is 2. The van der Waals surface area contributed by atoms with E-state index in [-0.39, 0.29) is 5.91 Å². The predicted molar refractivity (Wildman–Crippen MR) is 49.9 cm³/mol. The van der Waals surface area contributed by atoms with Crippen LogP contribution in [0.1, 0.15) is 15.9 Å². The average Bonchev–Trinajstić information content (AvgIpc) is 2.77. The Balaban J connectivity index is 2.13. The summed E-state index contributed by atoms with van der Waals surface area (Å²) in [5.41, 5.74) is 1.38. The Labute approximate surface area is 79.7 Å². The van der Waals surface area contributed by atoms with Gasteiger partial charge in [0.15, 0.2) is 0 Å². The first-order chi connectivity index (χ1) is 6.77. The molecule has 2 aromatic heterocycles. The quantitative estimate of drug-likeness (QED) is 0.652. The molecule has 0 aromatic carbocycles. The Morgan fingerprint density at radius 3 is 2.86 bits per heavy atom. The Kier molecular flexibility index (Phi) is 2.02. The zero-order valence-electron chi connectivity index (χ0n) is 7.53. The van der Waals surface area contributed by atoms with E-state index in [0.717, 1.165) is 5.56 Å². The van der Waals surface area contributed by atoms with E-state index in [0.29, 0.717) is 11.4 Å². The van der Waals surface area contributed by atoms with Gasteiger partial charge in [0.05, 0.1) is 18.0 Å². The highest BCUT2D eigenvalue weighted by atomic mass is 16.1. The van der Waals surface area contributed by atoms with Crippen molar-refractivity contribution in [2.45, 2.75) is 6.92 Å². The maximum Gasteiger partial charge on any atom is 0.259 e. The van der Waals surface area contributed by atoms with E-state index in [1.807, 2.05) is 6.92 Å². The Morgan fingerprint density at radius 1 is 1.43 bits per heavy atom. The van der Waals surface area contributed by atoms with Crippen LogP contribution in [-0.2, 0) is 0 Å². The van der Waals surface area contributed by atoms with Crippen LogP contribution in [0.5, 0.6) is 0 Å². The maximum atomic E-state index is 11.5. The van der Waals surface area contributed by atoms with E-state index < -0.39 is 0 Å². The second kappa shape index (κ2) is 3.33. The number of carbonyl (C=O) groups is 1. The molecule has 2 rings (SSSR count). The van der Waals surface area contributed by atoms with Gasteiger partial charge in [-0.05, 0) is 6.92 Å². The highest BCUT2D eigenvalue weighted by Gasteiger charge is 2.08. The number of anilines is 1. The van der Waals surface area contributed by atoms with Crippen molar-refractivity contribution in [3.8, 4) is 0 Å². The van der Waals surface area contributed by atoms with Gasteiger partial charge in [-0.1, -0.05) is 0 Å².